The first-order valence-electron chi connectivity index (χ1n) is 11.8. The van der Waals surface area contributed by atoms with E-state index >= 15 is 0 Å². The number of likely N-dealkylation sites (tertiary alicyclic amines) is 1. The van der Waals surface area contributed by atoms with Crippen LogP contribution in [0, 0.1) is 0 Å². The SMILES string of the molecule is COc1cccc(CNC(=O)c2sc3ccccc3c2OC2CCN(C(=O)OC(C)(C)C)CC2)c1. The summed E-state index contributed by atoms with van der Waals surface area (Å²) >= 11 is 1.43. The van der Waals surface area contributed by atoms with Gasteiger partial charge in [-0.3, -0.25) is 4.79 Å². The first-order chi connectivity index (χ1) is 16.7. The van der Waals surface area contributed by atoms with Gasteiger partial charge in [0.1, 0.15) is 22.3 Å². The molecule has 0 unspecified atom stereocenters. The summed E-state index contributed by atoms with van der Waals surface area (Å²) in [7, 11) is 1.62. The third kappa shape index (κ3) is 6.25. The Morgan fingerprint density at radius 2 is 1.83 bits per heavy atom. The molecule has 4 rings (SSSR count). The number of amides is 2. The van der Waals surface area contributed by atoms with Crippen molar-refractivity contribution in [3.8, 4) is 11.5 Å². The fraction of sp³-hybridized carbons (Fsp3) is 0.407. The lowest BCUT2D eigenvalue weighted by molar-refractivity contribution is 0.0128. The number of thiophene rings is 1. The van der Waals surface area contributed by atoms with Crippen molar-refractivity contribution in [2.75, 3.05) is 20.2 Å². The predicted molar refractivity (Wildman–Crippen MR) is 137 cm³/mol. The van der Waals surface area contributed by atoms with Crippen LogP contribution < -0.4 is 14.8 Å². The van der Waals surface area contributed by atoms with Crippen LogP contribution in [-0.2, 0) is 11.3 Å². The van der Waals surface area contributed by atoms with Gasteiger partial charge in [-0.1, -0.05) is 24.3 Å². The minimum atomic E-state index is -0.521. The van der Waals surface area contributed by atoms with Gasteiger partial charge in [0, 0.05) is 42.6 Å². The Morgan fingerprint density at radius 3 is 2.54 bits per heavy atom. The number of benzene rings is 2. The number of piperidine rings is 1. The van der Waals surface area contributed by atoms with Gasteiger partial charge in [-0.15, -0.1) is 11.3 Å². The molecule has 0 radical (unpaired) electrons. The molecule has 0 aliphatic carbocycles. The molecule has 1 N–H and O–H groups in total. The Labute approximate surface area is 210 Å². The molecule has 186 valence electrons. The molecule has 2 heterocycles. The monoisotopic (exact) mass is 496 g/mol. The van der Waals surface area contributed by atoms with Crippen LogP contribution in [0.1, 0.15) is 48.8 Å². The Morgan fingerprint density at radius 1 is 1.09 bits per heavy atom. The van der Waals surface area contributed by atoms with E-state index in [9.17, 15) is 9.59 Å². The summed E-state index contributed by atoms with van der Waals surface area (Å²) in [5.74, 6) is 1.19. The molecular weight excluding hydrogens is 464 g/mol. The zero-order chi connectivity index (χ0) is 25.0. The second-order valence-electron chi connectivity index (χ2n) is 9.58. The molecule has 8 heteroatoms. The van der Waals surface area contributed by atoms with E-state index in [1.54, 1.807) is 12.0 Å². The van der Waals surface area contributed by atoms with Crippen molar-refractivity contribution in [1.82, 2.24) is 10.2 Å². The summed E-state index contributed by atoms with van der Waals surface area (Å²) in [6, 6.07) is 15.5. The largest absolute Gasteiger partial charge is 0.497 e. The van der Waals surface area contributed by atoms with Crippen molar-refractivity contribution in [2.45, 2.75) is 51.9 Å². The lowest BCUT2D eigenvalue weighted by Gasteiger charge is -2.33. The molecule has 1 fully saturated rings. The quantitative estimate of drug-likeness (QED) is 0.479. The van der Waals surface area contributed by atoms with Gasteiger partial charge in [0.2, 0.25) is 0 Å². The molecule has 7 nitrogen and oxygen atoms in total. The molecule has 0 bridgehead atoms. The summed E-state index contributed by atoms with van der Waals surface area (Å²) in [5.41, 5.74) is 0.434. The minimum Gasteiger partial charge on any atom is -0.497 e. The van der Waals surface area contributed by atoms with Gasteiger partial charge in [0.15, 0.2) is 5.75 Å². The number of methoxy groups -OCH3 is 1. The van der Waals surface area contributed by atoms with Crippen LogP contribution in [0.5, 0.6) is 11.5 Å². The smallest absolute Gasteiger partial charge is 0.410 e. The molecule has 2 aromatic carbocycles. The maximum Gasteiger partial charge on any atom is 0.410 e. The van der Waals surface area contributed by atoms with Crippen molar-refractivity contribution in [2.24, 2.45) is 0 Å². The van der Waals surface area contributed by atoms with Gasteiger partial charge in [-0.05, 0) is 50.6 Å². The van der Waals surface area contributed by atoms with Crippen LogP contribution in [0.4, 0.5) is 4.79 Å². The Bertz CT molecular complexity index is 1190. The van der Waals surface area contributed by atoms with E-state index < -0.39 is 5.60 Å². The normalized spacial score (nSPS) is 14.6. The highest BCUT2D eigenvalue weighted by molar-refractivity contribution is 7.21. The molecule has 1 aliphatic rings. The number of carbonyl (C=O) groups excluding carboxylic acids is 2. The zero-order valence-electron chi connectivity index (χ0n) is 20.6. The minimum absolute atomic E-state index is 0.0865. The summed E-state index contributed by atoms with van der Waals surface area (Å²) in [6.07, 6.45) is 0.967. The number of hydrogen-bond acceptors (Lipinski definition) is 6. The van der Waals surface area contributed by atoms with Crippen LogP contribution in [0.25, 0.3) is 10.1 Å². The number of carbonyl (C=O) groups is 2. The summed E-state index contributed by atoms with van der Waals surface area (Å²) < 4.78 is 18.2. The first kappa shape index (κ1) is 24.9. The maximum absolute atomic E-state index is 13.2. The van der Waals surface area contributed by atoms with Gasteiger partial charge in [-0.2, -0.15) is 0 Å². The number of nitrogens with zero attached hydrogens (tertiary/aromatic N) is 1. The average molecular weight is 497 g/mol. The Hall–Kier alpha value is -3.26. The lowest BCUT2D eigenvalue weighted by atomic mass is 10.1. The molecule has 1 aliphatic heterocycles. The molecule has 3 aromatic rings. The molecule has 2 amide bonds. The third-order valence-electron chi connectivity index (χ3n) is 5.72. The van der Waals surface area contributed by atoms with Crippen molar-refractivity contribution in [3.05, 3.63) is 59.0 Å². The first-order valence-corrected chi connectivity index (χ1v) is 12.6. The van der Waals surface area contributed by atoms with Crippen molar-refractivity contribution >= 4 is 33.4 Å². The van der Waals surface area contributed by atoms with E-state index in [0.29, 0.717) is 43.1 Å². The Kier molecular flexibility index (Phi) is 7.50. The molecule has 1 saturated heterocycles. The number of hydrogen-bond donors (Lipinski definition) is 1. The molecule has 1 aromatic heterocycles. The van der Waals surface area contributed by atoms with Crippen LogP contribution in [-0.4, -0.2) is 48.8 Å². The van der Waals surface area contributed by atoms with Crippen molar-refractivity contribution < 1.29 is 23.8 Å². The van der Waals surface area contributed by atoms with E-state index in [2.05, 4.69) is 5.32 Å². The number of fused-ring (bicyclic) bond motifs is 1. The molecule has 0 saturated carbocycles. The lowest BCUT2D eigenvalue weighted by Crippen LogP contribution is -2.44. The summed E-state index contributed by atoms with van der Waals surface area (Å²) in [4.78, 5) is 27.9. The molecular formula is C27H32N2O5S. The number of rotatable bonds is 6. The standard InChI is InChI=1S/C27H32N2O5S/c1-27(2,3)34-26(31)29-14-12-19(13-15-29)33-23-21-10-5-6-11-22(21)35-24(23)25(30)28-17-18-8-7-9-20(16-18)32-4/h5-11,16,19H,12-15,17H2,1-4H3,(H,28,30). The van der Waals surface area contributed by atoms with E-state index in [4.69, 9.17) is 14.2 Å². The summed E-state index contributed by atoms with van der Waals surface area (Å²) in [6.45, 7) is 7.09. The van der Waals surface area contributed by atoms with Crippen LogP contribution in [0.3, 0.4) is 0 Å². The number of nitrogens with one attached hydrogen (secondary N) is 1. The second kappa shape index (κ2) is 10.6. The van der Waals surface area contributed by atoms with Crippen LogP contribution in [0.2, 0.25) is 0 Å². The van der Waals surface area contributed by atoms with Crippen molar-refractivity contribution in [3.63, 3.8) is 0 Å². The molecule has 35 heavy (non-hydrogen) atoms. The third-order valence-corrected chi connectivity index (χ3v) is 6.87. The van der Waals surface area contributed by atoms with E-state index in [1.807, 2.05) is 69.3 Å². The Balaban J connectivity index is 1.45. The molecule has 0 atom stereocenters. The van der Waals surface area contributed by atoms with E-state index in [0.717, 1.165) is 21.4 Å². The zero-order valence-corrected chi connectivity index (χ0v) is 21.4. The summed E-state index contributed by atoms with van der Waals surface area (Å²) in [5, 5.41) is 3.94. The van der Waals surface area contributed by atoms with E-state index in [-0.39, 0.29) is 18.1 Å². The highest BCUT2D eigenvalue weighted by Gasteiger charge is 2.29. The van der Waals surface area contributed by atoms with Gasteiger partial charge in [0.05, 0.1) is 7.11 Å². The topological polar surface area (TPSA) is 77.1 Å². The van der Waals surface area contributed by atoms with Crippen molar-refractivity contribution in [1.29, 1.82) is 0 Å². The fourth-order valence-corrected chi connectivity index (χ4v) is 5.04. The van der Waals surface area contributed by atoms with Gasteiger partial charge < -0.3 is 24.4 Å². The fourth-order valence-electron chi connectivity index (χ4n) is 3.98. The highest BCUT2D eigenvalue weighted by Crippen LogP contribution is 2.39. The predicted octanol–water partition coefficient (Wildman–Crippen LogP) is 5.62. The van der Waals surface area contributed by atoms with E-state index in [1.165, 1.54) is 11.3 Å². The van der Waals surface area contributed by atoms with Crippen LogP contribution in [0.15, 0.2) is 48.5 Å². The van der Waals surface area contributed by atoms with Gasteiger partial charge in [0.25, 0.3) is 5.91 Å². The van der Waals surface area contributed by atoms with Gasteiger partial charge in [-0.25, -0.2) is 4.79 Å². The molecule has 0 spiro atoms. The number of ether oxygens (including phenoxy) is 3. The van der Waals surface area contributed by atoms with Gasteiger partial charge >= 0.3 is 6.09 Å². The second-order valence-corrected chi connectivity index (χ2v) is 10.6. The van der Waals surface area contributed by atoms with Crippen LogP contribution >= 0.6 is 11.3 Å². The highest BCUT2D eigenvalue weighted by atomic mass is 32.1. The maximum atomic E-state index is 13.2. The average Bonchev–Trinajstić information content (AvgIpc) is 3.20.